The van der Waals surface area contributed by atoms with Crippen LogP contribution in [-0.2, 0) is 14.4 Å². The van der Waals surface area contributed by atoms with Crippen molar-refractivity contribution < 1.29 is 23.2 Å². The van der Waals surface area contributed by atoms with Crippen LogP contribution in [0.15, 0.2) is 18.2 Å². The summed E-state index contributed by atoms with van der Waals surface area (Å²) < 4.78 is 25.9. The van der Waals surface area contributed by atoms with Gasteiger partial charge in [-0.2, -0.15) is 0 Å². The number of carbonyl (C=O) groups is 3. The van der Waals surface area contributed by atoms with E-state index in [1.165, 1.54) is 6.92 Å². The highest BCUT2D eigenvalue weighted by Gasteiger charge is 2.15. The second kappa shape index (κ2) is 7.17. The van der Waals surface area contributed by atoms with Crippen LogP contribution in [0.2, 0.25) is 0 Å². The molecule has 0 aliphatic heterocycles. The lowest BCUT2D eigenvalue weighted by molar-refractivity contribution is -0.136. The molecular formula is C12H13F2N3O3. The van der Waals surface area contributed by atoms with Gasteiger partial charge < -0.3 is 16.0 Å². The second-order valence-electron chi connectivity index (χ2n) is 3.82. The molecule has 1 aromatic carbocycles. The third-order valence-electron chi connectivity index (χ3n) is 2.17. The Balaban J connectivity index is 2.45. The van der Waals surface area contributed by atoms with Gasteiger partial charge in [0.25, 0.3) is 0 Å². The average Bonchev–Trinajstić information content (AvgIpc) is 2.37. The van der Waals surface area contributed by atoms with Gasteiger partial charge in [-0.1, -0.05) is 0 Å². The summed E-state index contributed by atoms with van der Waals surface area (Å²) in [4.78, 5) is 33.3. The molecular weight excluding hydrogens is 272 g/mol. The van der Waals surface area contributed by atoms with Crippen molar-refractivity contribution in [1.82, 2.24) is 10.6 Å². The van der Waals surface area contributed by atoms with Crippen molar-refractivity contribution >= 4 is 23.4 Å². The minimum Gasteiger partial charge on any atom is -0.355 e. The number of halogens is 2. The Bertz CT molecular complexity index is 535. The fourth-order valence-corrected chi connectivity index (χ4v) is 1.26. The number of hydrogen-bond donors (Lipinski definition) is 3. The Morgan fingerprint density at radius 2 is 1.70 bits per heavy atom. The first-order valence-corrected chi connectivity index (χ1v) is 5.69. The number of anilines is 1. The molecule has 0 spiro atoms. The first-order chi connectivity index (χ1) is 9.40. The second-order valence-corrected chi connectivity index (χ2v) is 3.82. The Kier molecular flexibility index (Phi) is 5.57. The van der Waals surface area contributed by atoms with Crippen LogP contribution < -0.4 is 16.0 Å². The van der Waals surface area contributed by atoms with Crippen molar-refractivity contribution in [3.8, 4) is 0 Å². The van der Waals surface area contributed by atoms with Crippen LogP contribution >= 0.6 is 0 Å². The van der Waals surface area contributed by atoms with Gasteiger partial charge in [-0.05, 0) is 12.1 Å². The van der Waals surface area contributed by atoms with Crippen molar-refractivity contribution in [2.75, 3.05) is 18.4 Å². The largest absolute Gasteiger partial charge is 0.355 e. The lowest BCUT2D eigenvalue weighted by Crippen LogP contribution is -2.39. The van der Waals surface area contributed by atoms with E-state index in [0.717, 1.165) is 12.1 Å². The molecule has 0 bridgehead atoms. The number of rotatable bonds is 4. The molecule has 20 heavy (non-hydrogen) atoms. The molecule has 0 saturated heterocycles. The van der Waals surface area contributed by atoms with Crippen molar-refractivity contribution in [2.45, 2.75) is 6.92 Å². The maximum absolute atomic E-state index is 13.2. The Morgan fingerprint density at radius 1 is 1.05 bits per heavy atom. The zero-order valence-corrected chi connectivity index (χ0v) is 10.6. The molecule has 0 radical (unpaired) electrons. The quantitative estimate of drug-likeness (QED) is 0.544. The molecule has 0 unspecified atom stereocenters. The molecule has 0 aromatic heterocycles. The van der Waals surface area contributed by atoms with Crippen molar-refractivity contribution in [2.24, 2.45) is 0 Å². The predicted molar refractivity (Wildman–Crippen MR) is 66.7 cm³/mol. The van der Waals surface area contributed by atoms with E-state index >= 15 is 0 Å². The maximum atomic E-state index is 13.2. The zero-order valence-electron chi connectivity index (χ0n) is 10.6. The molecule has 0 heterocycles. The van der Waals surface area contributed by atoms with E-state index in [2.05, 4.69) is 10.6 Å². The van der Waals surface area contributed by atoms with Crippen LogP contribution in [0.25, 0.3) is 0 Å². The third kappa shape index (κ3) is 5.01. The monoisotopic (exact) mass is 285 g/mol. The van der Waals surface area contributed by atoms with Gasteiger partial charge in [0.15, 0.2) is 0 Å². The van der Waals surface area contributed by atoms with Crippen LogP contribution in [0.3, 0.4) is 0 Å². The van der Waals surface area contributed by atoms with Crippen LogP contribution in [0.4, 0.5) is 14.5 Å². The van der Waals surface area contributed by atoms with E-state index in [1.54, 1.807) is 0 Å². The first-order valence-electron chi connectivity index (χ1n) is 5.69. The number of nitrogens with one attached hydrogen (secondary N) is 3. The molecule has 3 N–H and O–H groups in total. The highest BCUT2D eigenvalue weighted by Crippen LogP contribution is 2.14. The Labute approximate surface area is 113 Å². The standard InChI is InChI=1S/C12H13F2N3O3/c1-7(18)15-4-5-16-11(19)12(20)17-10-3-2-8(13)6-9(10)14/h2-3,6H,4-5H2,1H3,(H,15,18)(H,16,19)(H,17,20). The minimum atomic E-state index is -1.08. The summed E-state index contributed by atoms with van der Waals surface area (Å²) in [5.74, 6) is -4.11. The molecule has 1 aromatic rings. The Morgan fingerprint density at radius 3 is 2.30 bits per heavy atom. The molecule has 8 heteroatoms. The highest BCUT2D eigenvalue weighted by atomic mass is 19.1. The zero-order chi connectivity index (χ0) is 15.1. The number of benzene rings is 1. The van der Waals surface area contributed by atoms with Crippen molar-refractivity contribution in [1.29, 1.82) is 0 Å². The fraction of sp³-hybridized carbons (Fsp3) is 0.250. The molecule has 108 valence electrons. The molecule has 6 nitrogen and oxygen atoms in total. The van der Waals surface area contributed by atoms with Crippen molar-refractivity contribution in [3.63, 3.8) is 0 Å². The predicted octanol–water partition coefficient (Wildman–Crippen LogP) is 0.156. The van der Waals surface area contributed by atoms with E-state index in [9.17, 15) is 23.2 Å². The lowest BCUT2D eigenvalue weighted by atomic mass is 10.3. The van der Waals surface area contributed by atoms with Gasteiger partial charge in [-0.15, -0.1) is 0 Å². The van der Waals surface area contributed by atoms with Crippen LogP contribution in [-0.4, -0.2) is 30.8 Å². The SMILES string of the molecule is CC(=O)NCCNC(=O)C(=O)Nc1ccc(F)cc1F. The van der Waals surface area contributed by atoms with Gasteiger partial charge in [0.2, 0.25) is 5.91 Å². The summed E-state index contributed by atoms with van der Waals surface area (Å²) in [5, 5.41) is 6.65. The Hall–Kier alpha value is -2.51. The summed E-state index contributed by atoms with van der Waals surface area (Å²) in [6, 6.07) is 2.55. The number of carbonyl (C=O) groups excluding carboxylic acids is 3. The van der Waals surface area contributed by atoms with E-state index < -0.39 is 23.4 Å². The van der Waals surface area contributed by atoms with Gasteiger partial charge in [0, 0.05) is 26.1 Å². The molecule has 0 aliphatic carbocycles. The molecule has 0 atom stereocenters. The summed E-state index contributed by atoms with van der Waals surface area (Å²) >= 11 is 0. The van der Waals surface area contributed by atoms with Crippen LogP contribution in [0, 0.1) is 11.6 Å². The maximum Gasteiger partial charge on any atom is 0.313 e. The molecule has 3 amide bonds. The van der Waals surface area contributed by atoms with E-state index in [1.807, 2.05) is 5.32 Å². The third-order valence-corrected chi connectivity index (χ3v) is 2.17. The van der Waals surface area contributed by atoms with Gasteiger partial charge in [0.1, 0.15) is 11.6 Å². The fourth-order valence-electron chi connectivity index (χ4n) is 1.26. The van der Waals surface area contributed by atoms with E-state index in [4.69, 9.17) is 0 Å². The first kappa shape index (κ1) is 15.5. The van der Waals surface area contributed by atoms with Gasteiger partial charge in [-0.25, -0.2) is 8.78 Å². The number of amides is 3. The minimum absolute atomic E-state index is 0.0533. The molecule has 1 rings (SSSR count). The normalized spacial score (nSPS) is 9.75. The highest BCUT2D eigenvalue weighted by molar-refractivity contribution is 6.39. The number of hydrogen-bond acceptors (Lipinski definition) is 3. The van der Waals surface area contributed by atoms with E-state index in [0.29, 0.717) is 6.07 Å². The van der Waals surface area contributed by atoms with Gasteiger partial charge >= 0.3 is 11.8 Å². The van der Waals surface area contributed by atoms with E-state index in [-0.39, 0.29) is 24.7 Å². The summed E-state index contributed by atoms with van der Waals surface area (Å²) in [7, 11) is 0. The molecule has 0 aliphatic rings. The van der Waals surface area contributed by atoms with Crippen molar-refractivity contribution in [3.05, 3.63) is 29.8 Å². The van der Waals surface area contributed by atoms with Crippen LogP contribution in [0.1, 0.15) is 6.92 Å². The summed E-state index contributed by atoms with van der Waals surface area (Å²) in [6.45, 7) is 1.53. The molecule has 0 saturated carbocycles. The van der Waals surface area contributed by atoms with Crippen LogP contribution in [0.5, 0.6) is 0 Å². The lowest BCUT2D eigenvalue weighted by Gasteiger charge is -2.07. The molecule has 0 fully saturated rings. The van der Waals surface area contributed by atoms with Gasteiger partial charge in [-0.3, -0.25) is 14.4 Å². The summed E-state index contributed by atoms with van der Waals surface area (Å²) in [5.41, 5.74) is -0.298. The summed E-state index contributed by atoms with van der Waals surface area (Å²) in [6.07, 6.45) is 0. The topological polar surface area (TPSA) is 87.3 Å². The smallest absolute Gasteiger partial charge is 0.313 e. The van der Waals surface area contributed by atoms with Gasteiger partial charge in [0.05, 0.1) is 5.69 Å². The average molecular weight is 285 g/mol.